The third-order valence-electron chi connectivity index (χ3n) is 3.13. The average molecular weight is 443 g/mol. The molecule has 20 heavy (non-hydrogen) atoms. The summed E-state index contributed by atoms with van der Waals surface area (Å²) in [6, 6.07) is 12.1. The predicted molar refractivity (Wildman–Crippen MR) is 76.4 cm³/mol. The molecule has 0 aliphatic carbocycles. The molecule has 3 rings (SSSR count). The van der Waals surface area contributed by atoms with Crippen molar-refractivity contribution in [2.24, 2.45) is 0 Å². The normalized spacial score (nSPS) is 11.3. The Kier molecular flexibility index (Phi) is 4.07. The van der Waals surface area contributed by atoms with E-state index in [1.165, 1.54) is 0 Å². The summed E-state index contributed by atoms with van der Waals surface area (Å²) in [5, 5.41) is 6.85. The van der Waals surface area contributed by atoms with Crippen LogP contribution in [0.2, 0.25) is 0 Å². The molecule has 0 N–H and O–H groups in total. The summed E-state index contributed by atoms with van der Waals surface area (Å²) in [7, 11) is 0. The van der Waals surface area contributed by atoms with Crippen LogP contribution in [0, 0.1) is 6.20 Å². The van der Waals surface area contributed by atoms with Gasteiger partial charge in [0, 0.05) is 26.3 Å². The second kappa shape index (κ2) is 5.47. The zero-order valence-electron chi connectivity index (χ0n) is 11.7. The maximum Gasteiger partial charge on any atom is 0.0526 e. The van der Waals surface area contributed by atoms with Crippen LogP contribution in [-0.2, 0) is 25.5 Å². The zero-order chi connectivity index (χ0) is 13.5. The molecule has 1 aromatic carbocycles. The minimum Gasteiger partial charge on any atom is -0.343 e. The summed E-state index contributed by atoms with van der Waals surface area (Å²) < 4.78 is 1.72. The Hall–Kier alpha value is -1.51. The van der Waals surface area contributed by atoms with Crippen molar-refractivity contribution in [2.45, 2.75) is 26.2 Å². The average Bonchev–Trinajstić information content (AvgIpc) is 2.87. The van der Waals surface area contributed by atoms with E-state index in [0.717, 1.165) is 22.3 Å². The summed E-state index contributed by atoms with van der Waals surface area (Å²) in [5.74, 6) is 0.800. The van der Waals surface area contributed by atoms with Crippen molar-refractivity contribution < 1.29 is 20.1 Å². The van der Waals surface area contributed by atoms with E-state index in [-0.39, 0.29) is 25.5 Å². The van der Waals surface area contributed by atoms with Crippen LogP contribution in [0.5, 0.6) is 0 Å². The standard InChI is InChI=1S/C16H16N3.Ir/c1-16(2,3)14-8-9-19(18-14)15-10-12-6-4-5-7-13(12)11-17-15;/h4-8,10-11H,1-3H3;/q-1;. The molecular formula is C16H16IrN3-. The molecule has 3 aromatic rings. The van der Waals surface area contributed by atoms with Crippen LogP contribution >= 0.6 is 0 Å². The number of pyridine rings is 1. The molecule has 0 unspecified atom stereocenters. The Bertz CT molecular complexity index is 726. The second-order valence-corrected chi connectivity index (χ2v) is 5.71. The van der Waals surface area contributed by atoms with Crippen molar-refractivity contribution in [3.8, 4) is 5.82 Å². The Morgan fingerprint density at radius 1 is 1.10 bits per heavy atom. The van der Waals surface area contributed by atoms with Gasteiger partial charge in [-0.25, -0.2) is 0 Å². The number of aromatic nitrogens is 3. The van der Waals surface area contributed by atoms with Gasteiger partial charge in [0.25, 0.3) is 0 Å². The monoisotopic (exact) mass is 443 g/mol. The van der Waals surface area contributed by atoms with Gasteiger partial charge in [0.1, 0.15) is 0 Å². The van der Waals surface area contributed by atoms with E-state index in [0.29, 0.717) is 0 Å². The molecule has 105 valence electrons. The number of nitrogens with zero attached hydrogens (tertiary/aromatic N) is 3. The van der Waals surface area contributed by atoms with Crippen molar-refractivity contribution in [3.05, 3.63) is 54.5 Å². The van der Waals surface area contributed by atoms with Gasteiger partial charge in [0.2, 0.25) is 0 Å². The van der Waals surface area contributed by atoms with Crippen molar-refractivity contribution in [2.75, 3.05) is 0 Å². The first-order valence-electron chi connectivity index (χ1n) is 6.37. The van der Waals surface area contributed by atoms with E-state index in [1.54, 1.807) is 4.68 Å². The number of benzene rings is 1. The molecule has 0 saturated heterocycles. The fourth-order valence-corrected chi connectivity index (χ4v) is 1.96. The molecule has 0 spiro atoms. The molecule has 4 heteroatoms. The van der Waals surface area contributed by atoms with Gasteiger partial charge in [-0.1, -0.05) is 57.3 Å². The van der Waals surface area contributed by atoms with Crippen LogP contribution in [0.3, 0.4) is 0 Å². The molecule has 0 bridgehead atoms. The quantitative estimate of drug-likeness (QED) is 0.540. The van der Waals surface area contributed by atoms with Crippen LogP contribution in [0.25, 0.3) is 16.6 Å². The maximum absolute atomic E-state index is 4.56. The van der Waals surface area contributed by atoms with Crippen LogP contribution in [-0.4, -0.2) is 14.8 Å². The molecule has 3 nitrogen and oxygen atoms in total. The number of fused-ring (bicyclic) bond motifs is 1. The van der Waals surface area contributed by atoms with Crippen molar-refractivity contribution in [3.63, 3.8) is 0 Å². The summed E-state index contributed by atoms with van der Waals surface area (Å²) in [5.41, 5.74) is 1.04. The predicted octanol–water partition coefficient (Wildman–Crippen LogP) is 3.52. The summed E-state index contributed by atoms with van der Waals surface area (Å²) in [6.07, 6.45) is 5.01. The minimum absolute atomic E-state index is 0. The van der Waals surface area contributed by atoms with Gasteiger partial charge in [0.05, 0.1) is 5.82 Å². The van der Waals surface area contributed by atoms with Gasteiger partial charge in [0.15, 0.2) is 0 Å². The fraction of sp³-hybridized carbons (Fsp3) is 0.250. The third-order valence-corrected chi connectivity index (χ3v) is 3.13. The topological polar surface area (TPSA) is 30.7 Å². The molecule has 0 amide bonds. The molecule has 0 aliphatic rings. The Labute approximate surface area is 132 Å². The van der Waals surface area contributed by atoms with Gasteiger partial charge in [-0.05, 0) is 21.9 Å². The van der Waals surface area contributed by atoms with E-state index in [9.17, 15) is 0 Å². The summed E-state index contributed by atoms with van der Waals surface area (Å²) >= 11 is 0. The second-order valence-electron chi connectivity index (χ2n) is 5.71. The van der Waals surface area contributed by atoms with E-state index >= 15 is 0 Å². The van der Waals surface area contributed by atoms with Crippen LogP contribution in [0.4, 0.5) is 0 Å². The van der Waals surface area contributed by atoms with Crippen LogP contribution in [0.1, 0.15) is 26.5 Å². The number of rotatable bonds is 1. The molecule has 0 fully saturated rings. The first-order chi connectivity index (χ1) is 9.04. The molecule has 0 atom stereocenters. The largest absolute Gasteiger partial charge is 0.343 e. The van der Waals surface area contributed by atoms with Crippen molar-refractivity contribution >= 4 is 10.8 Å². The van der Waals surface area contributed by atoms with Gasteiger partial charge in [-0.15, -0.1) is 6.07 Å². The van der Waals surface area contributed by atoms with Gasteiger partial charge in [-0.2, -0.15) is 0 Å². The zero-order valence-corrected chi connectivity index (χ0v) is 14.1. The van der Waals surface area contributed by atoms with Crippen molar-refractivity contribution in [1.29, 1.82) is 0 Å². The van der Waals surface area contributed by atoms with Crippen molar-refractivity contribution in [1.82, 2.24) is 14.8 Å². The Morgan fingerprint density at radius 2 is 1.80 bits per heavy atom. The molecule has 2 heterocycles. The minimum atomic E-state index is 0. The molecule has 1 radical (unpaired) electrons. The summed E-state index contributed by atoms with van der Waals surface area (Å²) in [6.45, 7) is 6.42. The molecule has 2 aromatic heterocycles. The third kappa shape index (κ3) is 2.81. The number of hydrogen-bond acceptors (Lipinski definition) is 2. The van der Waals surface area contributed by atoms with E-state index < -0.39 is 0 Å². The maximum atomic E-state index is 4.56. The molecule has 0 saturated carbocycles. The Morgan fingerprint density at radius 3 is 2.45 bits per heavy atom. The Balaban J connectivity index is 0.00000147. The van der Waals surface area contributed by atoms with Gasteiger partial charge >= 0.3 is 0 Å². The first kappa shape index (κ1) is 14.9. The molecular weight excluding hydrogens is 426 g/mol. The van der Waals surface area contributed by atoms with E-state index in [4.69, 9.17) is 0 Å². The first-order valence-corrected chi connectivity index (χ1v) is 6.37. The van der Waals surface area contributed by atoms with E-state index in [1.807, 2.05) is 30.5 Å². The van der Waals surface area contributed by atoms with E-state index in [2.05, 4.69) is 49.2 Å². The molecule has 0 aliphatic heterocycles. The number of hydrogen-bond donors (Lipinski definition) is 0. The van der Waals surface area contributed by atoms with Crippen LogP contribution < -0.4 is 0 Å². The van der Waals surface area contributed by atoms with Crippen LogP contribution in [0.15, 0.2) is 42.6 Å². The van der Waals surface area contributed by atoms with Gasteiger partial charge < -0.3 is 9.67 Å². The SMILES string of the molecule is CC(C)(C)c1c[c-]n(-c2cc3ccccc3cn2)n1.[Ir]. The summed E-state index contributed by atoms with van der Waals surface area (Å²) in [4.78, 5) is 4.44. The van der Waals surface area contributed by atoms with Gasteiger partial charge in [-0.3, -0.25) is 5.10 Å². The smallest absolute Gasteiger partial charge is 0.0526 e. The fourth-order valence-electron chi connectivity index (χ4n) is 1.96.